The van der Waals surface area contributed by atoms with E-state index >= 15 is 0 Å². The van der Waals surface area contributed by atoms with Crippen LogP contribution >= 0.6 is 0 Å². The van der Waals surface area contributed by atoms with E-state index < -0.39 is 10.0 Å². The van der Waals surface area contributed by atoms with Crippen LogP contribution in [0.3, 0.4) is 0 Å². The molecule has 2 heterocycles. The molecule has 2 atom stereocenters. The maximum Gasteiger partial charge on any atom is 0.248 e. The molecule has 2 unspecified atom stereocenters. The van der Waals surface area contributed by atoms with Crippen molar-refractivity contribution < 1.29 is 17.7 Å². The Labute approximate surface area is 136 Å². The number of aryl methyl sites for hydroxylation is 2. The number of hydrogen-bond donors (Lipinski definition) is 0. The van der Waals surface area contributed by atoms with Crippen LogP contribution in [0.5, 0.6) is 0 Å². The van der Waals surface area contributed by atoms with E-state index in [1.54, 1.807) is 13.8 Å². The van der Waals surface area contributed by atoms with Crippen molar-refractivity contribution in [2.75, 3.05) is 13.1 Å². The summed E-state index contributed by atoms with van der Waals surface area (Å²) in [6, 6.07) is 9.66. The third-order valence-corrected chi connectivity index (χ3v) is 6.04. The van der Waals surface area contributed by atoms with Crippen molar-refractivity contribution in [1.29, 1.82) is 0 Å². The van der Waals surface area contributed by atoms with Crippen molar-refractivity contribution >= 4 is 10.0 Å². The van der Waals surface area contributed by atoms with Crippen molar-refractivity contribution in [2.45, 2.75) is 37.9 Å². The molecule has 0 aliphatic carbocycles. The van der Waals surface area contributed by atoms with Gasteiger partial charge in [-0.25, -0.2) is 8.42 Å². The highest BCUT2D eigenvalue weighted by Crippen LogP contribution is 2.31. The van der Waals surface area contributed by atoms with Crippen LogP contribution in [0.25, 0.3) is 0 Å². The molecule has 6 nitrogen and oxygen atoms in total. The lowest BCUT2D eigenvalue weighted by Gasteiger charge is -2.36. The molecule has 1 fully saturated rings. The number of morpholine rings is 1. The molecule has 1 saturated heterocycles. The first-order chi connectivity index (χ1) is 10.9. The Morgan fingerprint density at radius 3 is 2.48 bits per heavy atom. The van der Waals surface area contributed by atoms with Gasteiger partial charge in [-0.05, 0) is 26.3 Å². The number of ether oxygens (including phenoxy) is 1. The van der Waals surface area contributed by atoms with E-state index in [1.165, 1.54) is 4.31 Å². The first kappa shape index (κ1) is 16.2. The molecule has 0 N–H and O–H groups in total. The van der Waals surface area contributed by atoms with Gasteiger partial charge in [-0.1, -0.05) is 35.5 Å². The molecule has 3 rings (SSSR count). The summed E-state index contributed by atoms with van der Waals surface area (Å²) in [5.74, 6) is 0.318. The highest BCUT2D eigenvalue weighted by atomic mass is 32.2. The molecule has 0 radical (unpaired) electrons. The normalized spacial score (nSPS) is 23.1. The molecule has 1 aliphatic rings. The van der Waals surface area contributed by atoms with E-state index in [1.807, 2.05) is 37.3 Å². The van der Waals surface area contributed by atoms with Gasteiger partial charge in [0, 0.05) is 13.1 Å². The first-order valence-corrected chi connectivity index (χ1v) is 8.97. The average molecular weight is 336 g/mol. The minimum Gasteiger partial charge on any atom is -0.368 e. The van der Waals surface area contributed by atoms with Crippen LogP contribution in [-0.2, 0) is 14.8 Å². The molecule has 1 aliphatic heterocycles. The second-order valence-corrected chi connectivity index (χ2v) is 7.70. The van der Waals surface area contributed by atoms with Gasteiger partial charge in [0.15, 0.2) is 5.76 Å². The minimum atomic E-state index is -3.66. The van der Waals surface area contributed by atoms with Gasteiger partial charge in [0.05, 0.1) is 12.2 Å². The summed E-state index contributed by atoms with van der Waals surface area (Å²) in [5, 5.41) is 3.76. The molecule has 1 aromatic heterocycles. The monoisotopic (exact) mass is 336 g/mol. The van der Waals surface area contributed by atoms with Crippen molar-refractivity contribution in [2.24, 2.45) is 0 Å². The molecule has 0 amide bonds. The standard InChI is InChI=1S/C16H20N2O4S/c1-11-9-18(10-15(21-11)14-7-5-4-6-8-14)23(19,20)16-12(2)17-22-13(16)3/h4-8,11,15H,9-10H2,1-3H3. The lowest BCUT2D eigenvalue weighted by atomic mass is 10.1. The van der Waals surface area contributed by atoms with Crippen molar-refractivity contribution in [3.8, 4) is 0 Å². The largest absolute Gasteiger partial charge is 0.368 e. The average Bonchev–Trinajstić information content (AvgIpc) is 2.87. The van der Waals surface area contributed by atoms with Gasteiger partial charge in [0.25, 0.3) is 0 Å². The molecule has 0 saturated carbocycles. The fourth-order valence-corrected chi connectivity index (χ4v) is 4.74. The molecular weight excluding hydrogens is 316 g/mol. The summed E-state index contributed by atoms with van der Waals surface area (Å²) in [7, 11) is -3.66. The summed E-state index contributed by atoms with van der Waals surface area (Å²) in [6.45, 7) is 5.73. The molecule has 1 aromatic carbocycles. The topological polar surface area (TPSA) is 72.6 Å². The molecule has 124 valence electrons. The van der Waals surface area contributed by atoms with Gasteiger partial charge in [-0.2, -0.15) is 4.31 Å². The smallest absolute Gasteiger partial charge is 0.248 e. The highest BCUT2D eigenvalue weighted by molar-refractivity contribution is 7.89. The summed E-state index contributed by atoms with van der Waals surface area (Å²) in [6.07, 6.45) is -0.473. The fourth-order valence-electron chi connectivity index (χ4n) is 2.93. The third-order valence-electron chi connectivity index (χ3n) is 3.96. The zero-order valence-electron chi connectivity index (χ0n) is 13.4. The lowest BCUT2D eigenvalue weighted by molar-refractivity contribution is -0.0557. The second kappa shape index (κ2) is 6.07. The predicted octanol–water partition coefficient (Wildman–Crippen LogP) is 2.44. The SMILES string of the molecule is Cc1noc(C)c1S(=O)(=O)N1CC(C)OC(c2ccccc2)C1. The van der Waals surface area contributed by atoms with Crippen LogP contribution in [0.2, 0.25) is 0 Å². The highest BCUT2D eigenvalue weighted by Gasteiger charge is 2.37. The van der Waals surface area contributed by atoms with E-state index in [9.17, 15) is 8.42 Å². The number of rotatable bonds is 3. The Bertz CT molecular complexity index is 766. The summed E-state index contributed by atoms with van der Waals surface area (Å²) < 4.78 is 38.4. The van der Waals surface area contributed by atoms with Gasteiger partial charge < -0.3 is 9.26 Å². The molecular formula is C16H20N2O4S. The lowest BCUT2D eigenvalue weighted by Crippen LogP contribution is -2.46. The molecule has 0 spiro atoms. The van der Waals surface area contributed by atoms with Crippen molar-refractivity contribution in [3.63, 3.8) is 0 Å². The number of nitrogens with zero attached hydrogens (tertiary/aromatic N) is 2. The summed E-state index contributed by atoms with van der Waals surface area (Å²) in [5.41, 5.74) is 1.36. The van der Waals surface area contributed by atoms with E-state index in [-0.39, 0.29) is 23.6 Å². The van der Waals surface area contributed by atoms with Crippen LogP contribution in [0.4, 0.5) is 0 Å². The number of sulfonamides is 1. The third kappa shape index (κ3) is 3.04. The van der Waals surface area contributed by atoms with E-state index in [2.05, 4.69) is 5.16 Å². The van der Waals surface area contributed by atoms with Gasteiger partial charge >= 0.3 is 0 Å². The van der Waals surface area contributed by atoms with E-state index in [0.29, 0.717) is 18.0 Å². The Morgan fingerprint density at radius 1 is 1.17 bits per heavy atom. The van der Waals surface area contributed by atoms with Crippen LogP contribution in [-0.4, -0.2) is 37.1 Å². The van der Waals surface area contributed by atoms with E-state index in [4.69, 9.17) is 9.26 Å². The number of aromatic nitrogens is 1. The van der Waals surface area contributed by atoms with Crippen molar-refractivity contribution in [3.05, 3.63) is 47.3 Å². The first-order valence-electron chi connectivity index (χ1n) is 7.53. The van der Waals surface area contributed by atoms with Gasteiger partial charge in [-0.3, -0.25) is 0 Å². The summed E-state index contributed by atoms with van der Waals surface area (Å²) >= 11 is 0. The Morgan fingerprint density at radius 2 is 1.87 bits per heavy atom. The Balaban J connectivity index is 1.93. The van der Waals surface area contributed by atoms with Crippen LogP contribution in [0.1, 0.15) is 30.0 Å². The van der Waals surface area contributed by atoms with Crippen molar-refractivity contribution in [1.82, 2.24) is 9.46 Å². The zero-order valence-corrected chi connectivity index (χ0v) is 14.2. The Kier molecular flexibility index (Phi) is 4.27. The number of benzene rings is 1. The minimum absolute atomic E-state index is 0.165. The zero-order chi connectivity index (χ0) is 16.6. The van der Waals surface area contributed by atoms with Gasteiger partial charge in [-0.15, -0.1) is 0 Å². The fraction of sp³-hybridized carbons (Fsp3) is 0.438. The van der Waals surface area contributed by atoms with Crippen LogP contribution < -0.4 is 0 Å². The van der Waals surface area contributed by atoms with Gasteiger partial charge in [0.1, 0.15) is 10.6 Å². The maximum absolute atomic E-state index is 13.0. The van der Waals surface area contributed by atoms with Crippen LogP contribution in [0.15, 0.2) is 39.8 Å². The van der Waals surface area contributed by atoms with Gasteiger partial charge in [0.2, 0.25) is 10.0 Å². The Hall–Kier alpha value is -1.70. The molecule has 2 aromatic rings. The quantitative estimate of drug-likeness (QED) is 0.861. The molecule has 23 heavy (non-hydrogen) atoms. The molecule has 0 bridgehead atoms. The second-order valence-electron chi connectivity index (χ2n) is 5.82. The van der Waals surface area contributed by atoms with E-state index in [0.717, 1.165) is 5.56 Å². The molecule has 7 heteroatoms. The number of hydrogen-bond acceptors (Lipinski definition) is 5. The maximum atomic E-state index is 13.0. The summed E-state index contributed by atoms with van der Waals surface area (Å²) in [4.78, 5) is 0.165. The predicted molar refractivity (Wildman–Crippen MR) is 84.5 cm³/mol. The van der Waals surface area contributed by atoms with Crippen LogP contribution in [0, 0.1) is 13.8 Å².